The molecule has 0 bridgehead atoms. The number of benzene rings is 3. The third kappa shape index (κ3) is 4.24. The molecule has 10 nitrogen and oxygen atoms in total. The molecule has 2 aliphatic heterocycles. The molecule has 37 heavy (non-hydrogen) atoms. The fraction of sp³-hybridized carbons (Fsp3) is 0.296. The van der Waals surface area contributed by atoms with Crippen LogP contribution in [0.4, 0.5) is 0 Å². The predicted octanol–water partition coefficient (Wildman–Crippen LogP) is 2.97. The standard InChI is InChI=1S/C27H26O10/c1-32-15-10-16(29)23-21(11-15)37-27(25(31)24(23)30)14-5-7-18-20(9-14)36-26(22(12-28)35-18)13-4-6-17(33-2)19(8-13)34-3/h4-11,22,25-29,31H,12H2,1-3H3/t22?,25-,26?,27+/m0/s1. The molecule has 3 N–H and O–H groups in total. The molecular weight excluding hydrogens is 484 g/mol. The van der Waals surface area contributed by atoms with Gasteiger partial charge < -0.3 is 43.7 Å². The van der Waals surface area contributed by atoms with E-state index in [1.807, 2.05) is 0 Å². The Balaban J connectivity index is 1.49. The highest BCUT2D eigenvalue weighted by Crippen LogP contribution is 2.46. The summed E-state index contributed by atoms with van der Waals surface area (Å²) in [6.45, 7) is -0.304. The van der Waals surface area contributed by atoms with Crippen LogP contribution in [0.5, 0.6) is 40.2 Å². The number of ether oxygens (including phenoxy) is 6. The molecule has 0 radical (unpaired) electrons. The summed E-state index contributed by atoms with van der Waals surface area (Å²) in [7, 11) is 4.48. The van der Waals surface area contributed by atoms with Crippen molar-refractivity contribution in [3.63, 3.8) is 0 Å². The van der Waals surface area contributed by atoms with Gasteiger partial charge in [-0.15, -0.1) is 0 Å². The number of Topliss-reactive ketones (excluding diaryl/α,β-unsaturated/α-hetero) is 1. The topological polar surface area (TPSA) is 133 Å². The van der Waals surface area contributed by atoms with Crippen molar-refractivity contribution in [2.24, 2.45) is 0 Å². The number of methoxy groups -OCH3 is 3. The highest BCUT2D eigenvalue weighted by Gasteiger charge is 2.40. The first-order chi connectivity index (χ1) is 17.9. The van der Waals surface area contributed by atoms with Crippen LogP contribution in [0.15, 0.2) is 48.5 Å². The third-order valence-electron chi connectivity index (χ3n) is 6.43. The van der Waals surface area contributed by atoms with Crippen LogP contribution in [0, 0.1) is 0 Å². The number of hydrogen-bond donors (Lipinski definition) is 3. The molecule has 0 aromatic heterocycles. The Morgan fingerprint density at radius 3 is 2.19 bits per heavy atom. The molecule has 0 saturated carbocycles. The van der Waals surface area contributed by atoms with Gasteiger partial charge in [-0.05, 0) is 29.8 Å². The minimum absolute atomic E-state index is 0.0931. The quantitative estimate of drug-likeness (QED) is 0.455. The lowest BCUT2D eigenvalue weighted by atomic mass is 9.92. The van der Waals surface area contributed by atoms with Gasteiger partial charge in [0.2, 0.25) is 5.78 Å². The molecule has 0 saturated heterocycles. The van der Waals surface area contributed by atoms with E-state index in [1.165, 1.54) is 33.5 Å². The number of aromatic hydroxyl groups is 1. The molecule has 5 rings (SSSR count). The number of rotatable bonds is 6. The molecule has 10 heteroatoms. The Bertz CT molecular complexity index is 1340. The summed E-state index contributed by atoms with van der Waals surface area (Å²) in [6.07, 6.45) is -4.03. The van der Waals surface area contributed by atoms with Crippen LogP contribution in [0.1, 0.15) is 33.7 Å². The van der Waals surface area contributed by atoms with Crippen LogP contribution in [0.2, 0.25) is 0 Å². The second-order valence-electron chi connectivity index (χ2n) is 8.57. The van der Waals surface area contributed by atoms with E-state index in [9.17, 15) is 20.1 Å². The maximum atomic E-state index is 12.9. The summed E-state index contributed by atoms with van der Waals surface area (Å²) >= 11 is 0. The minimum atomic E-state index is -1.57. The van der Waals surface area contributed by atoms with Gasteiger partial charge in [0.1, 0.15) is 22.8 Å². The Kier molecular flexibility index (Phi) is 6.45. The molecule has 3 aromatic rings. The zero-order valence-electron chi connectivity index (χ0n) is 20.3. The van der Waals surface area contributed by atoms with E-state index in [0.29, 0.717) is 39.9 Å². The number of carbonyl (C=O) groups excluding carboxylic acids is 1. The maximum absolute atomic E-state index is 12.9. The molecule has 0 amide bonds. The molecule has 0 fully saturated rings. The fourth-order valence-corrected chi connectivity index (χ4v) is 4.55. The van der Waals surface area contributed by atoms with Crippen molar-refractivity contribution in [2.45, 2.75) is 24.4 Å². The van der Waals surface area contributed by atoms with Gasteiger partial charge in [0.05, 0.1) is 27.9 Å². The van der Waals surface area contributed by atoms with Crippen molar-refractivity contribution in [3.8, 4) is 40.2 Å². The number of carbonyl (C=O) groups is 1. The van der Waals surface area contributed by atoms with Crippen LogP contribution in [-0.2, 0) is 0 Å². The predicted molar refractivity (Wildman–Crippen MR) is 129 cm³/mol. The van der Waals surface area contributed by atoms with E-state index < -0.39 is 30.2 Å². The maximum Gasteiger partial charge on any atom is 0.202 e. The van der Waals surface area contributed by atoms with Gasteiger partial charge in [0.25, 0.3) is 0 Å². The minimum Gasteiger partial charge on any atom is -0.507 e. The molecule has 2 unspecified atom stereocenters. The number of aliphatic hydroxyl groups is 2. The molecule has 2 aliphatic rings. The molecule has 0 aliphatic carbocycles. The van der Waals surface area contributed by atoms with Crippen molar-refractivity contribution in [1.82, 2.24) is 0 Å². The Labute approximate surface area is 212 Å². The SMILES string of the molecule is COc1cc(O)c2c(c1)O[C@H](c1ccc3c(c1)OC(c1ccc(OC)c(OC)c1)C(CO)O3)[C@@H](O)C2=O. The molecule has 0 spiro atoms. The van der Waals surface area contributed by atoms with Crippen LogP contribution in [0.25, 0.3) is 0 Å². The Morgan fingerprint density at radius 1 is 0.784 bits per heavy atom. The first-order valence-electron chi connectivity index (χ1n) is 11.5. The normalized spacial score (nSPS) is 22.0. The highest BCUT2D eigenvalue weighted by molar-refractivity contribution is 6.05. The van der Waals surface area contributed by atoms with Crippen LogP contribution in [-0.4, -0.2) is 61.2 Å². The van der Waals surface area contributed by atoms with Crippen LogP contribution in [0.3, 0.4) is 0 Å². The monoisotopic (exact) mass is 510 g/mol. The number of ketones is 1. The lowest BCUT2D eigenvalue weighted by Gasteiger charge is -2.35. The van der Waals surface area contributed by atoms with Gasteiger partial charge in [-0.3, -0.25) is 4.79 Å². The average molecular weight is 510 g/mol. The highest BCUT2D eigenvalue weighted by atomic mass is 16.6. The first-order valence-corrected chi connectivity index (χ1v) is 11.5. The summed E-state index contributed by atoms with van der Waals surface area (Å²) in [4.78, 5) is 12.9. The van der Waals surface area contributed by atoms with Gasteiger partial charge in [-0.2, -0.15) is 0 Å². The van der Waals surface area contributed by atoms with Gasteiger partial charge in [0.15, 0.2) is 47.4 Å². The van der Waals surface area contributed by atoms with Gasteiger partial charge in [-0.25, -0.2) is 0 Å². The van der Waals surface area contributed by atoms with E-state index in [4.69, 9.17) is 28.4 Å². The van der Waals surface area contributed by atoms with Gasteiger partial charge >= 0.3 is 0 Å². The lowest BCUT2D eigenvalue weighted by Crippen LogP contribution is -2.37. The number of phenols is 1. The van der Waals surface area contributed by atoms with Crippen LogP contribution >= 0.6 is 0 Å². The molecule has 3 aromatic carbocycles. The van der Waals surface area contributed by atoms with Gasteiger partial charge in [0, 0.05) is 17.7 Å². The number of phenolic OH excluding ortho intramolecular Hbond substituents is 1. The van der Waals surface area contributed by atoms with Gasteiger partial charge in [-0.1, -0.05) is 12.1 Å². The van der Waals surface area contributed by atoms with Crippen LogP contribution < -0.4 is 28.4 Å². The van der Waals surface area contributed by atoms with E-state index in [-0.39, 0.29) is 23.7 Å². The number of aliphatic hydroxyl groups excluding tert-OH is 2. The molecule has 194 valence electrons. The van der Waals surface area contributed by atoms with Crippen molar-refractivity contribution < 1.29 is 48.5 Å². The Hall–Kier alpha value is -4.15. The summed E-state index contributed by atoms with van der Waals surface area (Å²) in [5, 5.41) is 31.0. The zero-order valence-corrected chi connectivity index (χ0v) is 20.3. The summed E-state index contributed by atoms with van der Waals surface area (Å²) < 4.78 is 34.1. The first kappa shape index (κ1) is 24.5. The molecular formula is C27H26O10. The van der Waals surface area contributed by atoms with Crippen molar-refractivity contribution >= 4 is 5.78 Å². The zero-order chi connectivity index (χ0) is 26.3. The smallest absolute Gasteiger partial charge is 0.202 e. The largest absolute Gasteiger partial charge is 0.507 e. The Morgan fingerprint density at radius 2 is 1.49 bits per heavy atom. The van der Waals surface area contributed by atoms with E-state index in [0.717, 1.165) is 0 Å². The molecule has 2 heterocycles. The average Bonchev–Trinajstić information content (AvgIpc) is 2.93. The molecule has 4 atom stereocenters. The fourth-order valence-electron chi connectivity index (χ4n) is 4.55. The number of fused-ring (bicyclic) bond motifs is 2. The number of hydrogen-bond acceptors (Lipinski definition) is 10. The summed E-state index contributed by atoms with van der Waals surface area (Å²) in [6, 6.07) is 12.9. The van der Waals surface area contributed by atoms with E-state index in [1.54, 1.807) is 36.4 Å². The third-order valence-corrected chi connectivity index (χ3v) is 6.43. The van der Waals surface area contributed by atoms with Crippen molar-refractivity contribution in [2.75, 3.05) is 27.9 Å². The second kappa shape index (κ2) is 9.72. The van der Waals surface area contributed by atoms with Crippen molar-refractivity contribution in [3.05, 3.63) is 65.2 Å². The van der Waals surface area contributed by atoms with Crippen molar-refractivity contribution in [1.29, 1.82) is 0 Å². The summed E-state index contributed by atoms with van der Waals surface area (Å²) in [5.41, 5.74) is 1.03. The summed E-state index contributed by atoms with van der Waals surface area (Å²) in [5.74, 6) is 1.14. The lowest BCUT2D eigenvalue weighted by molar-refractivity contribution is -0.0130. The van der Waals surface area contributed by atoms with E-state index in [2.05, 4.69) is 0 Å². The second-order valence-corrected chi connectivity index (χ2v) is 8.57. The van der Waals surface area contributed by atoms with E-state index >= 15 is 0 Å².